The summed E-state index contributed by atoms with van der Waals surface area (Å²) in [6.45, 7) is 6.70. The first kappa shape index (κ1) is 14.5. The fraction of sp³-hybridized carbons (Fsp3) is 0.357. The molecule has 0 aliphatic rings. The lowest BCUT2D eigenvalue weighted by Gasteiger charge is -2.11. The van der Waals surface area contributed by atoms with E-state index in [9.17, 15) is 4.79 Å². The van der Waals surface area contributed by atoms with Gasteiger partial charge in [-0.1, -0.05) is 6.92 Å². The van der Waals surface area contributed by atoms with E-state index in [2.05, 4.69) is 27.5 Å². The highest BCUT2D eigenvalue weighted by molar-refractivity contribution is 7.13. The molecule has 2 aromatic rings. The number of nitrogens with one attached hydrogen (secondary N) is 2. The predicted octanol–water partition coefficient (Wildman–Crippen LogP) is 3.23. The van der Waals surface area contributed by atoms with Gasteiger partial charge >= 0.3 is 0 Å². The summed E-state index contributed by atoms with van der Waals surface area (Å²) in [7, 11) is 0. The molecule has 2 rings (SSSR count). The maximum atomic E-state index is 12.3. The first-order valence-electron chi connectivity index (χ1n) is 6.54. The smallest absolute Gasteiger partial charge is 0.261 e. The molecule has 0 aromatic carbocycles. The Kier molecular flexibility index (Phi) is 4.68. The third-order valence-corrected chi connectivity index (χ3v) is 3.57. The Bertz CT molecular complexity index is 609. The Morgan fingerprint density at radius 1 is 1.35 bits per heavy atom. The van der Waals surface area contributed by atoms with Crippen molar-refractivity contribution in [2.45, 2.75) is 27.2 Å². The fourth-order valence-electron chi connectivity index (χ4n) is 1.72. The van der Waals surface area contributed by atoms with Crippen LogP contribution < -0.4 is 10.6 Å². The van der Waals surface area contributed by atoms with Crippen LogP contribution in [0.2, 0.25) is 0 Å². The van der Waals surface area contributed by atoms with E-state index in [0.29, 0.717) is 10.7 Å². The number of amides is 1. The normalized spacial score (nSPS) is 10.3. The fourth-order valence-corrected chi connectivity index (χ4v) is 2.41. The molecule has 0 aliphatic carbocycles. The van der Waals surface area contributed by atoms with Crippen LogP contribution in [0.25, 0.3) is 0 Å². The number of anilines is 2. The molecule has 0 unspecified atom stereocenters. The van der Waals surface area contributed by atoms with Crippen molar-refractivity contribution in [3.63, 3.8) is 0 Å². The van der Waals surface area contributed by atoms with Crippen LogP contribution in [0.4, 0.5) is 10.8 Å². The minimum atomic E-state index is -0.189. The van der Waals surface area contributed by atoms with Gasteiger partial charge in [0.2, 0.25) is 0 Å². The highest BCUT2D eigenvalue weighted by Crippen LogP contribution is 2.20. The Morgan fingerprint density at radius 2 is 2.15 bits per heavy atom. The largest absolute Gasteiger partial charge is 0.384 e. The summed E-state index contributed by atoms with van der Waals surface area (Å²) < 4.78 is 0. The molecular formula is C14H18N4OS. The molecule has 6 heteroatoms. The molecular weight excluding hydrogens is 272 g/mol. The van der Waals surface area contributed by atoms with Gasteiger partial charge in [-0.15, -0.1) is 11.3 Å². The highest BCUT2D eigenvalue weighted by Gasteiger charge is 2.13. The number of aromatic nitrogens is 2. The van der Waals surface area contributed by atoms with Crippen LogP contribution in [0.1, 0.15) is 35.1 Å². The number of carbonyl (C=O) groups is 1. The number of nitrogens with zero attached hydrogens (tertiary/aromatic N) is 2. The lowest BCUT2D eigenvalue weighted by Crippen LogP contribution is -2.15. The number of thiazole rings is 1. The van der Waals surface area contributed by atoms with Gasteiger partial charge < -0.3 is 5.32 Å². The lowest BCUT2D eigenvalue weighted by molar-refractivity contribution is 0.102. The van der Waals surface area contributed by atoms with Crippen molar-refractivity contribution in [1.82, 2.24) is 9.97 Å². The van der Waals surface area contributed by atoms with E-state index in [1.807, 2.05) is 25.3 Å². The summed E-state index contributed by atoms with van der Waals surface area (Å²) in [5.41, 5.74) is 3.13. The summed E-state index contributed by atoms with van der Waals surface area (Å²) in [6.07, 6.45) is 2.59. The van der Waals surface area contributed by atoms with Crippen molar-refractivity contribution in [1.29, 1.82) is 0 Å². The summed E-state index contributed by atoms with van der Waals surface area (Å²) in [5.74, 6) is -0.189. The third-order valence-electron chi connectivity index (χ3n) is 2.69. The molecule has 0 aliphatic heterocycles. The number of hydrogen-bond acceptors (Lipinski definition) is 5. The van der Waals surface area contributed by atoms with Gasteiger partial charge in [0.25, 0.3) is 5.91 Å². The Morgan fingerprint density at radius 3 is 2.80 bits per heavy atom. The van der Waals surface area contributed by atoms with Crippen molar-refractivity contribution in [3.05, 3.63) is 34.6 Å². The van der Waals surface area contributed by atoms with Crippen molar-refractivity contribution in [2.75, 3.05) is 17.2 Å². The van der Waals surface area contributed by atoms with E-state index in [1.54, 1.807) is 6.20 Å². The van der Waals surface area contributed by atoms with E-state index in [0.717, 1.165) is 30.0 Å². The molecule has 2 N–H and O–H groups in total. The van der Waals surface area contributed by atoms with Crippen LogP contribution in [-0.4, -0.2) is 22.4 Å². The first-order chi connectivity index (χ1) is 9.60. The molecule has 0 spiro atoms. The molecule has 0 saturated carbocycles. The van der Waals surface area contributed by atoms with E-state index >= 15 is 0 Å². The van der Waals surface area contributed by atoms with Crippen LogP contribution >= 0.6 is 11.3 Å². The monoisotopic (exact) mass is 290 g/mol. The maximum absolute atomic E-state index is 12.3. The van der Waals surface area contributed by atoms with Crippen LogP contribution in [0.15, 0.2) is 17.6 Å². The molecule has 2 heterocycles. The van der Waals surface area contributed by atoms with E-state index in [1.165, 1.54) is 11.3 Å². The van der Waals surface area contributed by atoms with E-state index in [-0.39, 0.29) is 5.91 Å². The highest BCUT2D eigenvalue weighted by atomic mass is 32.1. The van der Waals surface area contributed by atoms with Gasteiger partial charge in [0.15, 0.2) is 5.13 Å². The number of carbonyl (C=O) groups excluding carboxylic acids is 1. The lowest BCUT2D eigenvalue weighted by atomic mass is 10.2. The Balaban J connectivity index is 2.19. The molecule has 0 radical (unpaired) electrons. The molecule has 0 saturated heterocycles. The SMILES string of the molecule is CCCNc1cc(C)ncc1C(=O)Nc1nc(C)cs1. The summed E-state index contributed by atoms with van der Waals surface area (Å²) in [6, 6.07) is 1.89. The molecule has 0 bridgehead atoms. The standard InChI is InChI=1S/C14H18N4OS/c1-4-5-15-12-6-9(2)16-7-11(12)13(19)18-14-17-10(3)8-20-14/h6-8H,4-5H2,1-3H3,(H,15,16)(H,17,18,19). The number of hydrogen-bond donors (Lipinski definition) is 2. The van der Waals surface area contributed by atoms with Crippen LogP contribution in [0.5, 0.6) is 0 Å². The number of pyridine rings is 1. The second-order valence-corrected chi connectivity index (χ2v) is 5.40. The molecule has 106 valence electrons. The van der Waals surface area contributed by atoms with Gasteiger partial charge in [-0.25, -0.2) is 4.98 Å². The Labute approximate surface area is 122 Å². The van der Waals surface area contributed by atoms with Gasteiger partial charge in [0, 0.05) is 23.8 Å². The van der Waals surface area contributed by atoms with Gasteiger partial charge in [0.05, 0.1) is 16.9 Å². The summed E-state index contributed by atoms with van der Waals surface area (Å²) in [5, 5.41) is 8.57. The van der Waals surface area contributed by atoms with Crippen molar-refractivity contribution in [3.8, 4) is 0 Å². The molecule has 5 nitrogen and oxygen atoms in total. The molecule has 20 heavy (non-hydrogen) atoms. The van der Waals surface area contributed by atoms with Crippen LogP contribution in [-0.2, 0) is 0 Å². The van der Waals surface area contributed by atoms with E-state index < -0.39 is 0 Å². The van der Waals surface area contributed by atoms with Crippen molar-refractivity contribution >= 4 is 28.1 Å². The second kappa shape index (κ2) is 6.47. The van der Waals surface area contributed by atoms with Gasteiger partial charge in [-0.05, 0) is 26.3 Å². The second-order valence-electron chi connectivity index (χ2n) is 4.55. The molecule has 0 atom stereocenters. The topological polar surface area (TPSA) is 66.9 Å². The van der Waals surface area contributed by atoms with Gasteiger partial charge in [-0.3, -0.25) is 15.1 Å². The number of rotatable bonds is 5. The maximum Gasteiger partial charge on any atom is 0.261 e. The summed E-state index contributed by atoms with van der Waals surface area (Å²) >= 11 is 1.42. The summed E-state index contributed by atoms with van der Waals surface area (Å²) in [4.78, 5) is 20.7. The minimum absolute atomic E-state index is 0.189. The zero-order valence-corrected chi connectivity index (χ0v) is 12.7. The van der Waals surface area contributed by atoms with Crippen molar-refractivity contribution in [2.24, 2.45) is 0 Å². The quantitative estimate of drug-likeness (QED) is 0.887. The average molecular weight is 290 g/mol. The number of aryl methyl sites for hydroxylation is 2. The molecule has 1 amide bonds. The third kappa shape index (κ3) is 3.54. The molecule has 0 fully saturated rings. The Hall–Kier alpha value is -1.95. The molecule has 2 aromatic heterocycles. The van der Waals surface area contributed by atoms with Crippen LogP contribution in [0, 0.1) is 13.8 Å². The first-order valence-corrected chi connectivity index (χ1v) is 7.42. The van der Waals surface area contributed by atoms with Crippen LogP contribution in [0.3, 0.4) is 0 Å². The zero-order chi connectivity index (χ0) is 14.5. The van der Waals surface area contributed by atoms with Gasteiger partial charge in [0.1, 0.15) is 0 Å². The predicted molar refractivity (Wildman–Crippen MR) is 82.6 cm³/mol. The van der Waals surface area contributed by atoms with Gasteiger partial charge in [-0.2, -0.15) is 0 Å². The van der Waals surface area contributed by atoms with Crippen molar-refractivity contribution < 1.29 is 4.79 Å². The minimum Gasteiger partial charge on any atom is -0.384 e. The zero-order valence-electron chi connectivity index (χ0n) is 11.9. The van der Waals surface area contributed by atoms with E-state index in [4.69, 9.17) is 0 Å². The average Bonchev–Trinajstić information content (AvgIpc) is 2.81.